The molecule has 29 heavy (non-hydrogen) atoms. The SMILES string of the molecule is CC(=O)N1C=Cc2ccccc2C1CC(=O)Nc1ccc2c(c1F)CCNC2.Cl. The number of carbonyl (C=O) groups excluding carboxylic acids is 2. The van der Waals surface area contributed by atoms with Gasteiger partial charge in [-0.1, -0.05) is 30.3 Å². The Balaban J connectivity index is 0.00000240. The molecule has 2 amide bonds. The van der Waals surface area contributed by atoms with E-state index in [1.54, 1.807) is 17.2 Å². The standard InChI is InChI=1S/C22H22FN3O2.ClH/c1-14(27)26-11-9-15-4-2-3-5-17(15)20(26)12-21(28)25-19-7-6-16-13-24-10-8-18(16)22(19)23;/h2-7,9,11,20,24H,8,10,12-13H2,1H3,(H,25,28);1H. The molecule has 2 N–H and O–H groups in total. The van der Waals surface area contributed by atoms with Gasteiger partial charge in [0.1, 0.15) is 5.82 Å². The first-order chi connectivity index (χ1) is 13.5. The predicted molar refractivity (Wildman–Crippen MR) is 113 cm³/mol. The summed E-state index contributed by atoms with van der Waals surface area (Å²) in [6.07, 6.45) is 4.22. The molecule has 1 atom stereocenters. The van der Waals surface area contributed by atoms with Gasteiger partial charge in [-0.3, -0.25) is 9.59 Å². The molecule has 2 aromatic carbocycles. The number of hydrogen-bond acceptors (Lipinski definition) is 3. The van der Waals surface area contributed by atoms with Gasteiger partial charge < -0.3 is 15.5 Å². The van der Waals surface area contributed by atoms with Crippen LogP contribution in [0.1, 0.15) is 41.6 Å². The number of nitrogens with zero attached hydrogens (tertiary/aromatic N) is 1. The van der Waals surface area contributed by atoms with E-state index in [0.29, 0.717) is 18.5 Å². The molecule has 0 bridgehead atoms. The van der Waals surface area contributed by atoms with Crippen LogP contribution in [-0.4, -0.2) is 23.3 Å². The zero-order valence-electron chi connectivity index (χ0n) is 16.1. The highest BCUT2D eigenvalue weighted by atomic mass is 35.5. The second-order valence-corrected chi connectivity index (χ2v) is 7.13. The van der Waals surface area contributed by atoms with Crippen LogP contribution in [0.25, 0.3) is 6.08 Å². The molecule has 7 heteroatoms. The van der Waals surface area contributed by atoms with Gasteiger partial charge in [0.05, 0.1) is 18.2 Å². The number of carbonyl (C=O) groups is 2. The number of halogens is 2. The molecule has 1 unspecified atom stereocenters. The Morgan fingerprint density at radius 3 is 2.83 bits per heavy atom. The molecule has 2 aromatic rings. The lowest BCUT2D eigenvalue weighted by atomic mass is 9.93. The molecule has 0 saturated carbocycles. The minimum atomic E-state index is -0.413. The Hall–Kier alpha value is -2.70. The Kier molecular flexibility index (Phi) is 6.35. The van der Waals surface area contributed by atoms with Crippen molar-refractivity contribution in [3.8, 4) is 0 Å². The summed E-state index contributed by atoms with van der Waals surface area (Å²) < 4.78 is 14.8. The number of nitrogens with one attached hydrogen (secondary N) is 2. The van der Waals surface area contributed by atoms with Crippen molar-refractivity contribution in [1.82, 2.24) is 10.2 Å². The third kappa shape index (κ3) is 4.18. The van der Waals surface area contributed by atoms with E-state index in [-0.39, 0.29) is 42.1 Å². The number of amides is 2. The van der Waals surface area contributed by atoms with Crippen LogP contribution in [0, 0.1) is 5.82 Å². The summed E-state index contributed by atoms with van der Waals surface area (Å²) in [5, 5.41) is 5.91. The molecule has 152 valence electrons. The largest absolute Gasteiger partial charge is 0.324 e. The molecular weight excluding hydrogens is 393 g/mol. The lowest BCUT2D eigenvalue weighted by molar-refractivity contribution is -0.129. The van der Waals surface area contributed by atoms with E-state index in [9.17, 15) is 14.0 Å². The molecular formula is C22H23ClFN3O2. The maximum absolute atomic E-state index is 14.8. The number of fused-ring (bicyclic) bond motifs is 2. The Morgan fingerprint density at radius 2 is 2.03 bits per heavy atom. The van der Waals surface area contributed by atoms with Crippen molar-refractivity contribution < 1.29 is 14.0 Å². The highest BCUT2D eigenvalue weighted by Gasteiger charge is 2.28. The molecule has 2 aliphatic rings. The Labute approximate surface area is 175 Å². The van der Waals surface area contributed by atoms with Crippen LogP contribution in [-0.2, 0) is 22.6 Å². The van der Waals surface area contributed by atoms with E-state index in [1.807, 2.05) is 36.4 Å². The zero-order chi connectivity index (χ0) is 19.7. The topological polar surface area (TPSA) is 61.4 Å². The van der Waals surface area contributed by atoms with E-state index >= 15 is 0 Å². The average Bonchev–Trinajstić information content (AvgIpc) is 2.70. The van der Waals surface area contributed by atoms with Crippen LogP contribution >= 0.6 is 12.4 Å². The Morgan fingerprint density at radius 1 is 1.24 bits per heavy atom. The molecule has 0 fully saturated rings. The number of benzene rings is 2. The molecule has 0 aliphatic carbocycles. The number of hydrogen-bond donors (Lipinski definition) is 2. The van der Waals surface area contributed by atoms with Crippen molar-refractivity contribution in [2.24, 2.45) is 0 Å². The molecule has 0 radical (unpaired) electrons. The lowest BCUT2D eigenvalue weighted by Crippen LogP contribution is -2.33. The van der Waals surface area contributed by atoms with Crippen molar-refractivity contribution in [3.05, 3.63) is 70.7 Å². The summed E-state index contributed by atoms with van der Waals surface area (Å²) in [6, 6.07) is 10.7. The van der Waals surface area contributed by atoms with Crippen LogP contribution in [0.4, 0.5) is 10.1 Å². The summed E-state index contributed by atoms with van der Waals surface area (Å²) >= 11 is 0. The van der Waals surface area contributed by atoms with Crippen molar-refractivity contribution >= 4 is 36.0 Å². The molecule has 2 heterocycles. The highest BCUT2D eigenvalue weighted by Crippen LogP contribution is 2.33. The molecule has 0 spiro atoms. The monoisotopic (exact) mass is 415 g/mol. The number of anilines is 1. The molecule has 0 saturated heterocycles. The maximum atomic E-state index is 14.8. The van der Waals surface area contributed by atoms with E-state index in [2.05, 4.69) is 10.6 Å². The summed E-state index contributed by atoms with van der Waals surface area (Å²) in [5.41, 5.74) is 3.67. The van der Waals surface area contributed by atoms with Gasteiger partial charge >= 0.3 is 0 Å². The van der Waals surface area contributed by atoms with E-state index in [1.165, 1.54) is 6.92 Å². The van der Waals surface area contributed by atoms with Crippen LogP contribution in [0.15, 0.2) is 42.6 Å². The smallest absolute Gasteiger partial charge is 0.226 e. The third-order valence-electron chi connectivity index (χ3n) is 5.33. The molecule has 5 nitrogen and oxygen atoms in total. The molecule has 4 rings (SSSR count). The van der Waals surface area contributed by atoms with E-state index in [4.69, 9.17) is 0 Å². The van der Waals surface area contributed by atoms with Gasteiger partial charge in [0.25, 0.3) is 0 Å². The third-order valence-corrected chi connectivity index (χ3v) is 5.33. The van der Waals surface area contributed by atoms with Crippen molar-refractivity contribution in [3.63, 3.8) is 0 Å². The first-order valence-corrected chi connectivity index (χ1v) is 9.41. The average molecular weight is 416 g/mol. The quantitative estimate of drug-likeness (QED) is 0.801. The molecule has 2 aliphatic heterocycles. The summed E-state index contributed by atoms with van der Waals surface area (Å²) in [5.74, 6) is -0.829. The van der Waals surface area contributed by atoms with Gasteiger partial charge in [-0.2, -0.15) is 0 Å². The van der Waals surface area contributed by atoms with Gasteiger partial charge in [-0.15, -0.1) is 12.4 Å². The van der Waals surface area contributed by atoms with Crippen LogP contribution in [0.5, 0.6) is 0 Å². The van der Waals surface area contributed by atoms with Crippen LogP contribution in [0.2, 0.25) is 0 Å². The van der Waals surface area contributed by atoms with E-state index in [0.717, 1.165) is 23.2 Å². The number of rotatable bonds is 3. The van der Waals surface area contributed by atoms with Crippen molar-refractivity contribution in [2.45, 2.75) is 32.4 Å². The van der Waals surface area contributed by atoms with Crippen molar-refractivity contribution in [1.29, 1.82) is 0 Å². The minimum Gasteiger partial charge on any atom is -0.324 e. The second-order valence-electron chi connectivity index (χ2n) is 7.13. The van der Waals surface area contributed by atoms with Gasteiger partial charge in [-0.25, -0.2) is 4.39 Å². The first-order valence-electron chi connectivity index (χ1n) is 9.41. The zero-order valence-corrected chi connectivity index (χ0v) is 16.9. The lowest BCUT2D eigenvalue weighted by Gasteiger charge is -2.32. The van der Waals surface area contributed by atoms with E-state index < -0.39 is 6.04 Å². The van der Waals surface area contributed by atoms with Gasteiger partial charge in [0.2, 0.25) is 11.8 Å². The van der Waals surface area contributed by atoms with Crippen molar-refractivity contribution in [2.75, 3.05) is 11.9 Å². The highest BCUT2D eigenvalue weighted by molar-refractivity contribution is 5.92. The summed E-state index contributed by atoms with van der Waals surface area (Å²) in [4.78, 5) is 26.3. The van der Waals surface area contributed by atoms with Gasteiger partial charge in [0, 0.05) is 19.7 Å². The normalized spacial score (nSPS) is 17.0. The Bertz CT molecular complexity index is 977. The molecule has 0 aromatic heterocycles. The van der Waals surface area contributed by atoms with Gasteiger partial charge in [0.15, 0.2) is 0 Å². The minimum absolute atomic E-state index is 0. The predicted octanol–water partition coefficient (Wildman–Crippen LogP) is 3.80. The first kappa shape index (κ1) is 21.0. The summed E-state index contributed by atoms with van der Waals surface area (Å²) in [7, 11) is 0. The summed E-state index contributed by atoms with van der Waals surface area (Å²) in [6.45, 7) is 2.83. The van der Waals surface area contributed by atoms with Crippen LogP contribution < -0.4 is 10.6 Å². The fraction of sp³-hybridized carbons (Fsp3) is 0.273. The second kappa shape index (κ2) is 8.76. The fourth-order valence-electron chi connectivity index (χ4n) is 3.92. The van der Waals surface area contributed by atoms with Gasteiger partial charge in [-0.05, 0) is 47.4 Å². The van der Waals surface area contributed by atoms with Crippen LogP contribution in [0.3, 0.4) is 0 Å². The fourth-order valence-corrected chi connectivity index (χ4v) is 3.92. The maximum Gasteiger partial charge on any atom is 0.226 e.